The monoisotopic (exact) mass is 331 g/mol. The molecule has 2 unspecified atom stereocenters. The fourth-order valence-electron chi connectivity index (χ4n) is 1.43. The molecule has 0 aliphatic heterocycles. The van der Waals surface area contributed by atoms with Crippen LogP contribution in [0.3, 0.4) is 0 Å². The first-order valence-corrected chi connectivity index (χ1v) is 7.82. The maximum Gasteiger partial charge on any atom is 0.410 e. The summed E-state index contributed by atoms with van der Waals surface area (Å²) in [7, 11) is 1.44. The third kappa shape index (κ3) is 8.42. The first kappa shape index (κ1) is 21.2. The van der Waals surface area contributed by atoms with Crippen LogP contribution in [0.5, 0.6) is 0 Å². The van der Waals surface area contributed by atoms with Gasteiger partial charge in [0.05, 0.1) is 6.61 Å². The molecule has 0 saturated heterocycles. The predicted octanol–water partition coefficient (Wildman–Crippen LogP) is 2.52. The number of carbonyl (C=O) groups is 3. The van der Waals surface area contributed by atoms with E-state index in [0.29, 0.717) is 6.61 Å². The maximum atomic E-state index is 12.0. The molecule has 0 spiro atoms. The van der Waals surface area contributed by atoms with Gasteiger partial charge in [-0.05, 0) is 41.0 Å². The molecular formula is C16H29NO6. The molecule has 134 valence electrons. The van der Waals surface area contributed by atoms with Crippen LogP contribution in [0.4, 0.5) is 4.79 Å². The molecule has 0 aromatic carbocycles. The van der Waals surface area contributed by atoms with Gasteiger partial charge in [0.1, 0.15) is 11.6 Å². The Labute approximate surface area is 138 Å². The van der Waals surface area contributed by atoms with E-state index in [2.05, 4.69) is 0 Å². The smallest absolute Gasteiger partial charge is 0.410 e. The molecule has 0 aliphatic rings. The number of nitrogens with zero attached hydrogens (tertiary/aromatic N) is 1. The summed E-state index contributed by atoms with van der Waals surface area (Å²) in [6, 6.07) is -0.867. The second-order valence-electron chi connectivity index (χ2n) is 6.37. The number of carbonyl (C=O) groups excluding carboxylic acids is 3. The van der Waals surface area contributed by atoms with Crippen LogP contribution in [0.25, 0.3) is 0 Å². The minimum absolute atomic E-state index is 0.301. The van der Waals surface area contributed by atoms with E-state index in [9.17, 15) is 14.4 Å². The minimum atomic E-state index is -1.05. The summed E-state index contributed by atoms with van der Waals surface area (Å²) < 4.78 is 15.2. The van der Waals surface area contributed by atoms with E-state index in [-0.39, 0.29) is 0 Å². The van der Waals surface area contributed by atoms with Gasteiger partial charge in [0.15, 0.2) is 6.10 Å². The lowest BCUT2D eigenvalue weighted by molar-refractivity contribution is -0.176. The third-order valence-electron chi connectivity index (χ3n) is 2.97. The van der Waals surface area contributed by atoms with Crippen molar-refractivity contribution in [1.82, 2.24) is 4.90 Å². The number of ether oxygens (including phenoxy) is 3. The highest BCUT2D eigenvalue weighted by molar-refractivity contribution is 5.84. The Kier molecular flexibility index (Phi) is 8.64. The molecule has 0 aliphatic carbocycles. The van der Waals surface area contributed by atoms with Crippen molar-refractivity contribution >= 4 is 18.0 Å². The van der Waals surface area contributed by atoms with Gasteiger partial charge in [-0.15, -0.1) is 0 Å². The van der Waals surface area contributed by atoms with Crippen molar-refractivity contribution in [2.75, 3.05) is 13.7 Å². The van der Waals surface area contributed by atoms with Gasteiger partial charge < -0.3 is 14.2 Å². The fourth-order valence-corrected chi connectivity index (χ4v) is 1.43. The molecule has 0 bridgehead atoms. The summed E-state index contributed by atoms with van der Waals surface area (Å²) in [5.74, 6) is -1.33. The standard InChI is InChI=1S/C16H29NO6/c1-8-9-10-21-15(20)17(7)11(2)13(18)22-12(3)14(19)23-16(4,5)6/h11-12H,8-10H2,1-7H3. The number of amides is 1. The Morgan fingerprint density at radius 3 is 2.13 bits per heavy atom. The normalized spacial score (nSPS) is 13.7. The second kappa shape index (κ2) is 9.37. The molecular weight excluding hydrogens is 302 g/mol. The van der Waals surface area contributed by atoms with Gasteiger partial charge in [-0.1, -0.05) is 13.3 Å². The SMILES string of the molecule is CCCCOC(=O)N(C)C(C)C(=O)OC(C)C(=O)OC(C)(C)C. The highest BCUT2D eigenvalue weighted by atomic mass is 16.6. The number of rotatable bonds is 7. The number of hydrogen-bond donors (Lipinski definition) is 0. The molecule has 0 saturated carbocycles. The van der Waals surface area contributed by atoms with E-state index in [4.69, 9.17) is 14.2 Å². The quantitative estimate of drug-likeness (QED) is 0.405. The van der Waals surface area contributed by atoms with Crippen molar-refractivity contribution in [2.24, 2.45) is 0 Å². The molecule has 2 atom stereocenters. The van der Waals surface area contributed by atoms with Crippen molar-refractivity contribution in [3.63, 3.8) is 0 Å². The number of hydrogen-bond acceptors (Lipinski definition) is 6. The Bertz CT molecular complexity index is 415. The van der Waals surface area contributed by atoms with Gasteiger partial charge in [-0.25, -0.2) is 14.4 Å². The highest BCUT2D eigenvalue weighted by Crippen LogP contribution is 2.11. The Hall–Kier alpha value is -1.79. The molecule has 0 N–H and O–H groups in total. The summed E-state index contributed by atoms with van der Waals surface area (Å²) in [6.45, 7) is 10.4. The van der Waals surface area contributed by atoms with Crippen LogP contribution in [-0.2, 0) is 23.8 Å². The fraction of sp³-hybridized carbons (Fsp3) is 0.812. The lowest BCUT2D eigenvalue weighted by atomic mass is 10.2. The van der Waals surface area contributed by atoms with Crippen molar-refractivity contribution in [1.29, 1.82) is 0 Å². The molecule has 0 fully saturated rings. The van der Waals surface area contributed by atoms with Crippen molar-refractivity contribution in [3.05, 3.63) is 0 Å². The topological polar surface area (TPSA) is 82.1 Å². The zero-order valence-electron chi connectivity index (χ0n) is 15.2. The zero-order chi connectivity index (χ0) is 18.2. The predicted molar refractivity (Wildman–Crippen MR) is 84.9 cm³/mol. The van der Waals surface area contributed by atoms with Crippen LogP contribution < -0.4 is 0 Å². The average Bonchev–Trinajstić information content (AvgIpc) is 2.43. The van der Waals surface area contributed by atoms with Crippen molar-refractivity contribution in [2.45, 2.75) is 72.1 Å². The molecule has 1 amide bonds. The van der Waals surface area contributed by atoms with Crippen LogP contribution in [0.1, 0.15) is 54.4 Å². The van der Waals surface area contributed by atoms with E-state index in [0.717, 1.165) is 17.7 Å². The van der Waals surface area contributed by atoms with E-state index in [1.165, 1.54) is 20.9 Å². The van der Waals surface area contributed by atoms with Crippen LogP contribution in [0.15, 0.2) is 0 Å². The lowest BCUT2D eigenvalue weighted by Gasteiger charge is -2.25. The minimum Gasteiger partial charge on any atom is -0.457 e. The molecule has 0 heterocycles. The Balaban J connectivity index is 4.48. The van der Waals surface area contributed by atoms with Crippen LogP contribution in [0, 0.1) is 0 Å². The molecule has 0 aromatic heterocycles. The molecule has 0 aromatic rings. The highest BCUT2D eigenvalue weighted by Gasteiger charge is 2.30. The van der Waals surface area contributed by atoms with Gasteiger partial charge in [0.2, 0.25) is 0 Å². The van der Waals surface area contributed by atoms with E-state index in [1.54, 1.807) is 20.8 Å². The van der Waals surface area contributed by atoms with E-state index >= 15 is 0 Å². The van der Waals surface area contributed by atoms with Crippen LogP contribution >= 0.6 is 0 Å². The second-order valence-corrected chi connectivity index (χ2v) is 6.37. The lowest BCUT2D eigenvalue weighted by Crippen LogP contribution is -2.44. The molecule has 0 rings (SSSR count). The van der Waals surface area contributed by atoms with Gasteiger partial charge in [-0.3, -0.25) is 4.90 Å². The Morgan fingerprint density at radius 2 is 1.65 bits per heavy atom. The summed E-state index contributed by atoms with van der Waals surface area (Å²) in [5, 5.41) is 0. The van der Waals surface area contributed by atoms with E-state index < -0.39 is 35.8 Å². The third-order valence-corrected chi connectivity index (χ3v) is 2.97. The molecule has 7 heteroatoms. The number of esters is 2. The van der Waals surface area contributed by atoms with Gasteiger partial charge in [-0.2, -0.15) is 0 Å². The molecule has 23 heavy (non-hydrogen) atoms. The summed E-state index contributed by atoms with van der Waals surface area (Å²) >= 11 is 0. The first-order chi connectivity index (χ1) is 10.5. The zero-order valence-corrected chi connectivity index (χ0v) is 15.2. The summed E-state index contributed by atoms with van der Waals surface area (Å²) in [6.07, 6.45) is 0.0114. The van der Waals surface area contributed by atoms with Gasteiger partial charge >= 0.3 is 18.0 Å². The summed E-state index contributed by atoms with van der Waals surface area (Å²) in [4.78, 5) is 36.7. The number of unbranched alkanes of at least 4 members (excludes halogenated alkanes) is 1. The van der Waals surface area contributed by atoms with Crippen LogP contribution in [0.2, 0.25) is 0 Å². The van der Waals surface area contributed by atoms with Crippen molar-refractivity contribution < 1.29 is 28.6 Å². The van der Waals surface area contributed by atoms with Crippen LogP contribution in [-0.4, -0.2) is 54.3 Å². The Morgan fingerprint density at radius 1 is 1.09 bits per heavy atom. The average molecular weight is 331 g/mol. The molecule has 0 radical (unpaired) electrons. The number of likely N-dealkylation sites (N-methyl/N-ethyl adjacent to an activating group) is 1. The maximum absolute atomic E-state index is 12.0. The largest absolute Gasteiger partial charge is 0.457 e. The van der Waals surface area contributed by atoms with Crippen molar-refractivity contribution in [3.8, 4) is 0 Å². The summed E-state index contributed by atoms with van der Waals surface area (Å²) in [5.41, 5.74) is -0.663. The molecule has 7 nitrogen and oxygen atoms in total. The van der Waals surface area contributed by atoms with Gasteiger partial charge in [0, 0.05) is 7.05 Å². The first-order valence-electron chi connectivity index (χ1n) is 7.82. The van der Waals surface area contributed by atoms with Gasteiger partial charge in [0.25, 0.3) is 0 Å². The van der Waals surface area contributed by atoms with E-state index in [1.807, 2.05) is 6.92 Å².